The average molecular weight is 264 g/mol. The third-order valence-electron chi connectivity index (χ3n) is 3.14. The molecule has 2 aromatic heterocycles. The van der Waals surface area contributed by atoms with Gasteiger partial charge in [-0.05, 0) is 6.07 Å². The van der Waals surface area contributed by atoms with Gasteiger partial charge in [0, 0.05) is 28.7 Å². The Morgan fingerprint density at radius 3 is 2.45 bits per heavy atom. The first-order valence-electron chi connectivity index (χ1n) is 6.06. The van der Waals surface area contributed by atoms with Crippen molar-refractivity contribution in [1.82, 2.24) is 9.97 Å². The van der Waals surface area contributed by atoms with Gasteiger partial charge in [0.05, 0.1) is 11.3 Å². The van der Waals surface area contributed by atoms with E-state index in [1.807, 2.05) is 36.4 Å². The Hall–Kier alpha value is -2.95. The van der Waals surface area contributed by atoms with Crippen molar-refractivity contribution in [3.8, 4) is 11.3 Å². The van der Waals surface area contributed by atoms with E-state index in [2.05, 4.69) is 9.97 Å². The van der Waals surface area contributed by atoms with Crippen LogP contribution in [-0.4, -0.2) is 15.9 Å². The second-order valence-electron chi connectivity index (χ2n) is 4.40. The van der Waals surface area contributed by atoms with Gasteiger partial charge < -0.3 is 11.5 Å². The van der Waals surface area contributed by atoms with Crippen LogP contribution in [-0.2, 0) is 0 Å². The van der Waals surface area contributed by atoms with Gasteiger partial charge in [0.2, 0.25) is 0 Å². The number of fused-ring (bicyclic) bond motifs is 1. The summed E-state index contributed by atoms with van der Waals surface area (Å²) >= 11 is 0. The lowest BCUT2D eigenvalue weighted by Crippen LogP contribution is -2.12. The summed E-state index contributed by atoms with van der Waals surface area (Å²) in [5.74, 6) is -0.193. The number of primary amides is 1. The van der Waals surface area contributed by atoms with E-state index >= 15 is 0 Å². The molecule has 0 saturated heterocycles. The maximum absolute atomic E-state index is 11.4. The maximum atomic E-state index is 11.4. The van der Waals surface area contributed by atoms with Gasteiger partial charge in [-0.3, -0.25) is 9.78 Å². The zero-order valence-corrected chi connectivity index (χ0v) is 10.6. The Bertz CT molecular complexity index is 800. The molecule has 0 fully saturated rings. The number of pyridine rings is 2. The second kappa shape index (κ2) is 4.62. The Balaban J connectivity index is 2.27. The minimum Gasteiger partial charge on any atom is -0.383 e. The van der Waals surface area contributed by atoms with E-state index in [1.54, 1.807) is 6.20 Å². The summed E-state index contributed by atoms with van der Waals surface area (Å²) in [6, 6.07) is 11.5. The predicted molar refractivity (Wildman–Crippen MR) is 77.9 cm³/mol. The molecule has 4 N–H and O–H groups in total. The van der Waals surface area contributed by atoms with Gasteiger partial charge in [0.15, 0.2) is 0 Å². The highest BCUT2D eigenvalue weighted by Crippen LogP contribution is 2.26. The van der Waals surface area contributed by atoms with Crippen molar-refractivity contribution in [2.45, 2.75) is 0 Å². The first kappa shape index (κ1) is 12.1. The lowest BCUT2D eigenvalue weighted by atomic mass is 10.1. The highest BCUT2D eigenvalue weighted by Gasteiger charge is 2.11. The van der Waals surface area contributed by atoms with Crippen LogP contribution in [0.3, 0.4) is 0 Å². The molecule has 0 unspecified atom stereocenters. The minimum absolute atomic E-state index is 0.321. The van der Waals surface area contributed by atoms with Crippen molar-refractivity contribution >= 4 is 22.5 Å². The molecule has 3 rings (SSSR count). The van der Waals surface area contributed by atoms with Crippen LogP contribution in [0.1, 0.15) is 10.4 Å². The minimum atomic E-state index is -0.545. The maximum Gasteiger partial charge on any atom is 0.250 e. The fourth-order valence-corrected chi connectivity index (χ4v) is 2.12. The van der Waals surface area contributed by atoms with Crippen LogP contribution in [0.25, 0.3) is 22.0 Å². The van der Waals surface area contributed by atoms with Gasteiger partial charge in [-0.1, -0.05) is 30.3 Å². The second-order valence-corrected chi connectivity index (χ2v) is 4.40. The molecule has 0 aliphatic carbocycles. The van der Waals surface area contributed by atoms with Crippen molar-refractivity contribution in [2.75, 3.05) is 5.73 Å². The Morgan fingerprint density at radius 1 is 1.00 bits per heavy atom. The van der Waals surface area contributed by atoms with Crippen LogP contribution in [0.5, 0.6) is 0 Å². The lowest BCUT2D eigenvalue weighted by Gasteiger charge is -2.07. The molecule has 0 spiro atoms. The summed E-state index contributed by atoms with van der Waals surface area (Å²) in [5.41, 5.74) is 13.3. The van der Waals surface area contributed by atoms with Crippen LogP contribution in [0.15, 0.2) is 48.8 Å². The molecule has 3 aromatic rings. The van der Waals surface area contributed by atoms with E-state index in [0.29, 0.717) is 22.2 Å². The number of benzene rings is 1. The average Bonchev–Trinajstić information content (AvgIpc) is 2.48. The van der Waals surface area contributed by atoms with Crippen molar-refractivity contribution in [2.24, 2.45) is 5.73 Å². The third-order valence-corrected chi connectivity index (χ3v) is 3.14. The van der Waals surface area contributed by atoms with Gasteiger partial charge >= 0.3 is 0 Å². The molecular formula is C15H12N4O. The Labute approximate surface area is 115 Å². The van der Waals surface area contributed by atoms with Gasteiger partial charge in [-0.25, -0.2) is 4.98 Å². The number of nitrogens with zero attached hydrogens (tertiary/aromatic N) is 2. The quantitative estimate of drug-likeness (QED) is 0.739. The lowest BCUT2D eigenvalue weighted by molar-refractivity contribution is 0.100. The van der Waals surface area contributed by atoms with Crippen LogP contribution < -0.4 is 11.5 Å². The summed E-state index contributed by atoms with van der Waals surface area (Å²) < 4.78 is 0. The van der Waals surface area contributed by atoms with E-state index in [-0.39, 0.29) is 0 Å². The molecule has 0 bridgehead atoms. The summed E-state index contributed by atoms with van der Waals surface area (Å²) in [6.45, 7) is 0. The Kier molecular flexibility index (Phi) is 2.80. The molecule has 98 valence electrons. The molecule has 0 aliphatic heterocycles. The van der Waals surface area contributed by atoms with E-state index in [1.165, 1.54) is 6.20 Å². The number of carbonyl (C=O) groups excluding carboxylic acids is 1. The Morgan fingerprint density at radius 2 is 1.75 bits per heavy atom. The van der Waals surface area contributed by atoms with Crippen molar-refractivity contribution in [3.05, 3.63) is 54.4 Å². The van der Waals surface area contributed by atoms with Gasteiger partial charge in [0.25, 0.3) is 5.91 Å². The SMILES string of the molecule is NC(=O)c1cnc(N)c2cc(-c3ccccc3)ncc12. The van der Waals surface area contributed by atoms with Crippen LogP contribution in [0.2, 0.25) is 0 Å². The summed E-state index contributed by atoms with van der Waals surface area (Å²) in [5, 5.41) is 1.29. The van der Waals surface area contributed by atoms with Crippen LogP contribution in [0.4, 0.5) is 5.82 Å². The highest BCUT2D eigenvalue weighted by molar-refractivity contribution is 6.08. The molecule has 5 heteroatoms. The number of nitrogens with two attached hydrogens (primary N) is 2. The molecule has 0 aliphatic rings. The van der Waals surface area contributed by atoms with Gasteiger partial charge in [0.1, 0.15) is 5.82 Å². The first-order valence-corrected chi connectivity index (χ1v) is 6.06. The number of amides is 1. The normalized spacial score (nSPS) is 10.6. The van der Waals surface area contributed by atoms with E-state index in [4.69, 9.17) is 11.5 Å². The first-order chi connectivity index (χ1) is 9.66. The molecule has 0 radical (unpaired) electrons. The third kappa shape index (κ3) is 1.95. The number of nitrogen functional groups attached to an aromatic ring is 1. The zero-order chi connectivity index (χ0) is 14.1. The molecule has 1 aromatic carbocycles. The smallest absolute Gasteiger partial charge is 0.250 e. The van der Waals surface area contributed by atoms with Gasteiger partial charge in [-0.2, -0.15) is 0 Å². The molecular weight excluding hydrogens is 252 g/mol. The number of aromatic nitrogens is 2. The van der Waals surface area contributed by atoms with Crippen LogP contribution >= 0.6 is 0 Å². The largest absolute Gasteiger partial charge is 0.383 e. The number of hydrogen-bond acceptors (Lipinski definition) is 4. The molecule has 5 nitrogen and oxygen atoms in total. The number of hydrogen-bond donors (Lipinski definition) is 2. The predicted octanol–water partition coefficient (Wildman–Crippen LogP) is 1.98. The topological polar surface area (TPSA) is 94.9 Å². The molecule has 2 heterocycles. The molecule has 0 saturated carbocycles. The summed E-state index contributed by atoms with van der Waals surface area (Å²) in [4.78, 5) is 19.8. The summed E-state index contributed by atoms with van der Waals surface area (Å²) in [7, 11) is 0. The van der Waals surface area contributed by atoms with Crippen molar-refractivity contribution < 1.29 is 4.79 Å². The fourth-order valence-electron chi connectivity index (χ4n) is 2.12. The highest BCUT2D eigenvalue weighted by atomic mass is 16.1. The monoisotopic (exact) mass is 264 g/mol. The molecule has 20 heavy (non-hydrogen) atoms. The molecule has 0 atom stereocenters. The molecule has 1 amide bonds. The number of carbonyl (C=O) groups is 1. The number of anilines is 1. The fraction of sp³-hybridized carbons (Fsp3) is 0. The van der Waals surface area contributed by atoms with E-state index in [9.17, 15) is 4.79 Å². The zero-order valence-electron chi connectivity index (χ0n) is 10.6. The van der Waals surface area contributed by atoms with E-state index < -0.39 is 5.91 Å². The standard InChI is InChI=1S/C15H12N4O/c16-14-10-6-13(9-4-2-1-3-5-9)18-7-11(10)12(8-19-14)15(17)20/h1-8H,(H2,16,19)(H2,17,20). The summed E-state index contributed by atoms with van der Waals surface area (Å²) in [6.07, 6.45) is 2.99. The van der Waals surface area contributed by atoms with Crippen molar-refractivity contribution in [1.29, 1.82) is 0 Å². The van der Waals surface area contributed by atoms with Crippen molar-refractivity contribution in [3.63, 3.8) is 0 Å². The van der Waals surface area contributed by atoms with Crippen LogP contribution in [0, 0.1) is 0 Å². The van der Waals surface area contributed by atoms with E-state index in [0.717, 1.165) is 11.3 Å². The number of rotatable bonds is 2. The van der Waals surface area contributed by atoms with Gasteiger partial charge in [-0.15, -0.1) is 0 Å².